The van der Waals surface area contributed by atoms with Crippen LogP contribution in [0.15, 0.2) is 74.0 Å². The Balaban J connectivity index is 1.70. The van der Waals surface area contributed by atoms with Crippen molar-refractivity contribution in [1.29, 1.82) is 0 Å². The van der Waals surface area contributed by atoms with Gasteiger partial charge in [0.25, 0.3) is 5.56 Å². The van der Waals surface area contributed by atoms with E-state index >= 15 is 0 Å². The predicted molar refractivity (Wildman–Crippen MR) is 160 cm³/mol. The molecule has 0 N–H and O–H groups in total. The van der Waals surface area contributed by atoms with Crippen molar-refractivity contribution in [1.82, 2.24) is 4.57 Å². The Morgan fingerprint density at radius 1 is 1.16 bits per heavy atom. The Hall–Kier alpha value is -5.04. The number of nitro groups is 1. The molecule has 0 radical (unpaired) electrons. The average molecular weight is 622 g/mol. The van der Waals surface area contributed by atoms with Crippen LogP contribution in [0.2, 0.25) is 0 Å². The highest BCUT2D eigenvalue weighted by Gasteiger charge is 2.36. The topological polar surface area (TPSA) is 135 Å². The number of halogens is 1. The van der Waals surface area contributed by atoms with Gasteiger partial charge in [0, 0.05) is 23.3 Å². The number of hydrogen-bond acceptors (Lipinski definition) is 10. The summed E-state index contributed by atoms with van der Waals surface area (Å²) >= 11 is 1.12. The summed E-state index contributed by atoms with van der Waals surface area (Å²) in [6.45, 7) is 3.80. The second-order valence-corrected chi connectivity index (χ2v) is 10.7. The zero-order valence-electron chi connectivity index (χ0n) is 24.3. The minimum atomic E-state index is -0.960. The third-order valence-electron chi connectivity index (χ3n) is 6.95. The van der Waals surface area contributed by atoms with Crippen molar-refractivity contribution in [3.05, 3.63) is 107 Å². The lowest BCUT2D eigenvalue weighted by molar-refractivity contribution is -0.387. The molecular weight excluding hydrogens is 593 g/mol. The van der Waals surface area contributed by atoms with Crippen LogP contribution in [-0.2, 0) is 9.53 Å². The first-order valence-corrected chi connectivity index (χ1v) is 14.5. The first-order valence-electron chi connectivity index (χ1n) is 13.7. The average Bonchev–Trinajstić information content (AvgIpc) is 3.60. The number of hydrogen-bond donors (Lipinski definition) is 0. The van der Waals surface area contributed by atoms with Crippen LogP contribution in [0.3, 0.4) is 0 Å². The summed E-state index contributed by atoms with van der Waals surface area (Å²) in [6.07, 6.45) is 2.68. The standard InChI is InChI=1S/C31H28FN3O8S/c1-5-7-22-27(30(37)42-6-2)28(20-15-18(40-3)9-13-25(20)41-4)34-29(36)26(44-31(34)33-22)16-19-10-12-24(43-19)17-8-11-21(32)23(14-17)35(38)39/h8-16,28H,5-7H2,1-4H3/b26-16-/t28-/m0/s1. The Bertz CT molecular complexity index is 1970. The zero-order valence-corrected chi connectivity index (χ0v) is 25.1. The number of ether oxygens (including phenoxy) is 3. The number of thiazole rings is 1. The van der Waals surface area contributed by atoms with Crippen LogP contribution in [0, 0.1) is 15.9 Å². The number of carbonyl (C=O) groups is 1. The molecule has 0 aliphatic carbocycles. The Labute approximate surface area is 254 Å². The number of fused-ring (bicyclic) bond motifs is 1. The fourth-order valence-electron chi connectivity index (χ4n) is 4.99. The number of methoxy groups -OCH3 is 2. The molecule has 0 spiro atoms. The third-order valence-corrected chi connectivity index (χ3v) is 7.93. The first kappa shape index (κ1) is 30.4. The van der Waals surface area contributed by atoms with Crippen molar-refractivity contribution >= 4 is 29.1 Å². The minimum Gasteiger partial charge on any atom is -0.497 e. The fraction of sp³-hybridized carbons (Fsp3) is 0.258. The molecule has 2 aromatic heterocycles. The van der Waals surface area contributed by atoms with E-state index in [1.54, 1.807) is 37.3 Å². The van der Waals surface area contributed by atoms with Gasteiger partial charge in [-0.25, -0.2) is 9.79 Å². The lowest BCUT2D eigenvalue weighted by atomic mass is 9.93. The van der Waals surface area contributed by atoms with Gasteiger partial charge in [-0.05, 0) is 55.8 Å². The lowest BCUT2D eigenvalue weighted by Gasteiger charge is -2.27. The third kappa shape index (κ3) is 5.65. The molecule has 0 amide bonds. The van der Waals surface area contributed by atoms with Crippen LogP contribution >= 0.6 is 11.3 Å². The van der Waals surface area contributed by atoms with Crippen LogP contribution in [0.5, 0.6) is 11.5 Å². The number of nitro benzene ring substituents is 1. The first-order chi connectivity index (χ1) is 21.2. The summed E-state index contributed by atoms with van der Waals surface area (Å²) in [6, 6.07) is 10.8. The molecule has 0 unspecified atom stereocenters. The molecule has 3 heterocycles. The maximum Gasteiger partial charge on any atom is 0.338 e. The van der Waals surface area contributed by atoms with Crippen LogP contribution in [0.4, 0.5) is 10.1 Å². The molecule has 0 saturated heterocycles. The molecule has 13 heteroatoms. The SMILES string of the molecule is CCCC1=C(C(=O)OCC)[C@H](c2cc(OC)ccc2OC)n2c(s/c(=C\c3ccc(-c4ccc(F)c([N+](=O)[O-])c4)o3)c2=O)=N1. The van der Waals surface area contributed by atoms with Crippen molar-refractivity contribution in [2.24, 2.45) is 4.99 Å². The lowest BCUT2D eigenvalue weighted by Crippen LogP contribution is -2.40. The Kier molecular flexibility index (Phi) is 8.76. The summed E-state index contributed by atoms with van der Waals surface area (Å²) in [7, 11) is 3.02. The van der Waals surface area contributed by atoms with Crippen molar-refractivity contribution in [3.63, 3.8) is 0 Å². The van der Waals surface area contributed by atoms with Gasteiger partial charge in [-0.2, -0.15) is 4.39 Å². The molecule has 1 atom stereocenters. The van der Waals surface area contributed by atoms with Gasteiger partial charge >= 0.3 is 11.7 Å². The Morgan fingerprint density at radius 3 is 2.64 bits per heavy atom. The summed E-state index contributed by atoms with van der Waals surface area (Å²) in [5.74, 6) is -0.0724. The van der Waals surface area contributed by atoms with E-state index in [0.717, 1.165) is 23.5 Å². The summed E-state index contributed by atoms with van der Waals surface area (Å²) in [5, 5.41) is 11.2. The number of esters is 1. The van der Waals surface area contributed by atoms with Crippen LogP contribution in [-0.4, -0.2) is 36.3 Å². The maximum atomic E-state index is 14.1. The fourth-order valence-corrected chi connectivity index (χ4v) is 5.99. The van der Waals surface area contributed by atoms with E-state index in [2.05, 4.69) is 0 Å². The molecule has 5 rings (SSSR count). The number of benzene rings is 2. The highest BCUT2D eigenvalue weighted by molar-refractivity contribution is 7.07. The van der Waals surface area contributed by atoms with Gasteiger partial charge in [-0.1, -0.05) is 24.7 Å². The van der Waals surface area contributed by atoms with E-state index in [9.17, 15) is 24.1 Å². The number of nitrogens with zero attached hydrogens (tertiary/aromatic N) is 3. The van der Waals surface area contributed by atoms with Gasteiger partial charge in [-0.15, -0.1) is 0 Å². The van der Waals surface area contributed by atoms with Crippen molar-refractivity contribution < 1.29 is 32.7 Å². The van der Waals surface area contributed by atoms with Crippen LogP contribution < -0.4 is 24.4 Å². The number of furan rings is 1. The molecule has 0 fully saturated rings. The van der Waals surface area contributed by atoms with Crippen LogP contribution in [0.1, 0.15) is 44.1 Å². The van der Waals surface area contributed by atoms with E-state index in [1.807, 2.05) is 6.92 Å². The van der Waals surface area contributed by atoms with Gasteiger partial charge < -0.3 is 18.6 Å². The van der Waals surface area contributed by atoms with E-state index in [0.29, 0.717) is 46.0 Å². The van der Waals surface area contributed by atoms with Crippen molar-refractivity contribution in [2.75, 3.05) is 20.8 Å². The summed E-state index contributed by atoms with van der Waals surface area (Å²) in [5.41, 5.74) is 0.444. The molecule has 0 bridgehead atoms. The number of aromatic nitrogens is 1. The van der Waals surface area contributed by atoms with Crippen molar-refractivity contribution in [2.45, 2.75) is 32.7 Å². The molecular formula is C31H28FN3O8S. The van der Waals surface area contributed by atoms with Gasteiger partial charge in [0.05, 0.1) is 41.6 Å². The molecule has 1 aliphatic heterocycles. The maximum absolute atomic E-state index is 14.1. The van der Waals surface area contributed by atoms with Gasteiger partial charge in [0.1, 0.15) is 29.1 Å². The smallest absolute Gasteiger partial charge is 0.338 e. The van der Waals surface area contributed by atoms with E-state index in [4.69, 9.17) is 23.6 Å². The van der Waals surface area contributed by atoms with E-state index in [-0.39, 0.29) is 28.2 Å². The van der Waals surface area contributed by atoms with E-state index < -0.39 is 34.0 Å². The normalized spacial score (nSPS) is 14.7. The van der Waals surface area contributed by atoms with Gasteiger partial charge in [-0.3, -0.25) is 19.5 Å². The monoisotopic (exact) mass is 621 g/mol. The van der Waals surface area contributed by atoms with Gasteiger partial charge in [0.15, 0.2) is 4.80 Å². The van der Waals surface area contributed by atoms with Gasteiger partial charge in [0.2, 0.25) is 5.82 Å². The highest BCUT2D eigenvalue weighted by atomic mass is 32.1. The number of allylic oxidation sites excluding steroid dienone is 1. The molecule has 0 saturated carbocycles. The minimum absolute atomic E-state index is 0.131. The molecule has 4 aromatic rings. The highest BCUT2D eigenvalue weighted by Crippen LogP contribution is 2.39. The number of carbonyl (C=O) groups excluding carboxylic acids is 1. The number of rotatable bonds is 10. The molecule has 44 heavy (non-hydrogen) atoms. The second-order valence-electron chi connectivity index (χ2n) is 9.65. The summed E-state index contributed by atoms with van der Waals surface area (Å²) < 4.78 is 38.0. The van der Waals surface area contributed by atoms with Crippen LogP contribution in [0.25, 0.3) is 17.4 Å². The molecule has 2 aromatic carbocycles. The van der Waals surface area contributed by atoms with E-state index in [1.165, 1.54) is 30.9 Å². The zero-order chi connectivity index (χ0) is 31.5. The second kappa shape index (κ2) is 12.7. The Morgan fingerprint density at radius 2 is 1.95 bits per heavy atom. The molecule has 1 aliphatic rings. The molecule has 228 valence electrons. The summed E-state index contributed by atoms with van der Waals surface area (Å²) in [4.78, 5) is 43.0. The molecule has 11 nitrogen and oxygen atoms in total. The largest absolute Gasteiger partial charge is 0.497 e. The van der Waals surface area contributed by atoms with Crippen molar-refractivity contribution in [3.8, 4) is 22.8 Å². The quantitative estimate of drug-likeness (QED) is 0.139. The predicted octanol–water partition coefficient (Wildman–Crippen LogP) is 4.90.